The average Bonchev–Trinajstić information content (AvgIpc) is 3.06. The number of nitrogens with zero attached hydrogens (tertiary/aromatic N) is 1. The smallest absolute Gasteiger partial charge is 0.140 e. The van der Waals surface area contributed by atoms with E-state index in [1.54, 1.807) is 0 Å². The molecule has 5 heteroatoms. The second-order valence-electron chi connectivity index (χ2n) is 4.52. The molecule has 0 aromatic rings. The van der Waals surface area contributed by atoms with Crippen LogP contribution in [0, 0.1) is 5.92 Å². The molecular weight excluding hydrogens is 206 g/mol. The zero-order valence-corrected chi connectivity index (χ0v) is 9.98. The first-order valence-corrected chi connectivity index (χ1v) is 6.00. The first kappa shape index (κ1) is 13.3. The molecule has 0 spiro atoms. The Bertz CT molecular complexity index is 217. The molecule has 1 rings (SSSR count). The van der Waals surface area contributed by atoms with Gasteiger partial charge in [-0.1, -0.05) is 5.16 Å². The Morgan fingerprint density at radius 1 is 1.62 bits per heavy atom. The van der Waals surface area contributed by atoms with E-state index in [-0.39, 0.29) is 11.9 Å². The van der Waals surface area contributed by atoms with Gasteiger partial charge in [0.2, 0.25) is 0 Å². The monoisotopic (exact) mass is 229 g/mol. The van der Waals surface area contributed by atoms with Gasteiger partial charge in [0.15, 0.2) is 0 Å². The molecule has 5 nitrogen and oxygen atoms in total. The summed E-state index contributed by atoms with van der Waals surface area (Å²) < 4.78 is 5.51. The molecular formula is C11H23N3O2. The van der Waals surface area contributed by atoms with E-state index in [0.717, 1.165) is 32.1 Å². The highest BCUT2D eigenvalue weighted by atomic mass is 16.5. The fraction of sp³-hybridized carbons (Fsp3) is 0.909. The summed E-state index contributed by atoms with van der Waals surface area (Å²) in [6.07, 6.45) is 4.26. The van der Waals surface area contributed by atoms with Crippen molar-refractivity contribution in [1.29, 1.82) is 0 Å². The van der Waals surface area contributed by atoms with Crippen LogP contribution in [0.3, 0.4) is 0 Å². The van der Waals surface area contributed by atoms with Crippen LogP contribution in [0.15, 0.2) is 5.16 Å². The summed E-state index contributed by atoms with van der Waals surface area (Å²) in [5, 5.41) is 14.6. The number of rotatable bonds is 9. The standard InChI is InChI=1S/C11H23N3O2/c1-9(7-11(12)14-15)13-5-2-6-16-8-10-3-4-10/h9-10,13,15H,2-8H2,1H3,(H2,12,14). The SMILES string of the molecule is CC(CC(N)=NO)NCCCOCC1CC1. The van der Waals surface area contributed by atoms with Crippen LogP contribution in [0.4, 0.5) is 0 Å². The highest BCUT2D eigenvalue weighted by Gasteiger charge is 2.20. The van der Waals surface area contributed by atoms with E-state index in [2.05, 4.69) is 10.5 Å². The normalized spacial score (nSPS) is 18.7. The van der Waals surface area contributed by atoms with Crippen LogP contribution in [0.2, 0.25) is 0 Å². The quantitative estimate of drug-likeness (QED) is 0.180. The zero-order valence-electron chi connectivity index (χ0n) is 9.98. The number of amidine groups is 1. The van der Waals surface area contributed by atoms with Gasteiger partial charge in [0.25, 0.3) is 0 Å². The summed E-state index contributed by atoms with van der Waals surface area (Å²) >= 11 is 0. The Balaban J connectivity index is 1.85. The molecule has 0 radical (unpaired) electrons. The van der Waals surface area contributed by atoms with Crippen LogP contribution in [-0.2, 0) is 4.74 Å². The molecule has 0 heterocycles. The third kappa shape index (κ3) is 6.63. The van der Waals surface area contributed by atoms with Crippen LogP contribution < -0.4 is 11.1 Å². The van der Waals surface area contributed by atoms with Gasteiger partial charge >= 0.3 is 0 Å². The van der Waals surface area contributed by atoms with E-state index in [4.69, 9.17) is 15.7 Å². The summed E-state index contributed by atoms with van der Waals surface area (Å²) in [4.78, 5) is 0. The molecule has 1 saturated carbocycles. The first-order valence-electron chi connectivity index (χ1n) is 6.00. The van der Waals surface area contributed by atoms with Gasteiger partial charge in [-0.3, -0.25) is 0 Å². The van der Waals surface area contributed by atoms with Gasteiger partial charge in [-0.2, -0.15) is 0 Å². The third-order valence-corrected chi connectivity index (χ3v) is 2.65. The van der Waals surface area contributed by atoms with Crippen LogP contribution >= 0.6 is 0 Å². The molecule has 0 bridgehead atoms. The number of hydrogen-bond acceptors (Lipinski definition) is 4. The number of nitrogens with two attached hydrogens (primary N) is 1. The van der Waals surface area contributed by atoms with Crippen molar-refractivity contribution in [2.24, 2.45) is 16.8 Å². The predicted octanol–water partition coefficient (Wildman–Crippen LogP) is 0.918. The summed E-state index contributed by atoms with van der Waals surface area (Å²) in [6, 6.07) is 0.235. The molecule has 4 N–H and O–H groups in total. The van der Waals surface area contributed by atoms with E-state index in [1.165, 1.54) is 12.8 Å². The summed E-state index contributed by atoms with van der Waals surface area (Å²) in [7, 11) is 0. The minimum absolute atomic E-state index is 0.235. The second kappa shape index (κ2) is 7.46. The number of oxime groups is 1. The Labute approximate surface area is 97.0 Å². The third-order valence-electron chi connectivity index (χ3n) is 2.65. The molecule has 1 atom stereocenters. The van der Waals surface area contributed by atoms with Gasteiger partial charge in [0, 0.05) is 25.7 Å². The Kier molecular flexibility index (Phi) is 6.18. The van der Waals surface area contributed by atoms with Gasteiger partial charge in [-0.25, -0.2) is 0 Å². The second-order valence-corrected chi connectivity index (χ2v) is 4.52. The summed E-state index contributed by atoms with van der Waals surface area (Å²) in [6.45, 7) is 4.67. The van der Waals surface area contributed by atoms with Gasteiger partial charge < -0.3 is 21.0 Å². The Hall–Kier alpha value is -0.810. The number of hydrogen-bond donors (Lipinski definition) is 3. The van der Waals surface area contributed by atoms with Crippen molar-refractivity contribution in [3.8, 4) is 0 Å². The molecule has 94 valence electrons. The van der Waals surface area contributed by atoms with E-state index >= 15 is 0 Å². The van der Waals surface area contributed by atoms with Crippen LogP contribution in [0.1, 0.15) is 32.6 Å². The van der Waals surface area contributed by atoms with Crippen molar-refractivity contribution < 1.29 is 9.94 Å². The lowest BCUT2D eigenvalue weighted by molar-refractivity contribution is 0.121. The van der Waals surface area contributed by atoms with Crippen molar-refractivity contribution in [2.75, 3.05) is 19.8 Å². The maximum absolute atomic E-state index is 8.40. The van der Waals surface area contributed by atoms with Crippen LogP contribution in [0.25, 0.3) is 0 Å². The molecule has 1 unspecified atom stereocenters. The highest BCUT2D eigenvalue weighted by Crippen LogP contribution is 2.28. The van der Waals surface area contributed by atoms with E-state index in [0.29, 0.717) is 6.42 Å². The van der Waals surface area contributed by atoms with Crippen molar-refractivity contribution >= 4 is 5.84 Å². The van der Waals surface area contributed by atoms with Crippen molar-refractivity contribution in [2.45, 2.75) is 38.6 Å². The average molecular weight is 229 g/mol. The van der Waals surface area contributed by atoms with E-state index in [9.17, 15) is 0 Å². The molecule has 0 aromatic heterocycles. The van der Waals surface area contributed by atoms with Crippen LogP contribution in [-0.4, -0.2) is 36.8 Å². The fourth-order valence-electron chi connectivity index (χ4n) is 1.48. The fourth-order valence-corrected chi connectivity index (χ4v) is 1.48. The molecule has 1 aliphatic rings. The van der Waals surface area contributed by atoms with E-state index in [1.807, 2.05) is 6.92 Å². The molecule has 0 amide bonds. The van der Waals surface area contributed by atoms with Gasteiger partial charge in [0.1, 0.15) is 5.84 Å². The minimum Gasteiger partial charge on any atom is -0.409 e. The number of ether oxygens (including phenoxy) is 1. The van der Waals surface area contributed by atoms with Crippen LogP contribution in [0.5, 0.6) is 0 Å². The Morgan fingerprint density at radius 3 is 3.00 bits per heavy atom. The van der Waals surface area contributed by atoms with E-state index < -0.39 is 0 Å². The maximum Gasteiger partial charge on any atom is 0.140 e. The molecule has 1 fully saturated rings. The lowest BCUT2D eigenvalue weighted by atomic mass is 10.2. The van der Waals surface area contributed by atoms with Gasteiger partial charge in [0.05, 0.1) is 0 Å². The van der Waals surface area contributed by atoms with Crippen molar-refractivity contribution in [3.63, 3.8) is 0 Å². The molecule has 0 aliphatic heterocycles. The lowest BCUT2D eigenvalue weighted by Crippen LogP contribution is -2.32. The first-order chi connectivity index (χ1) is 7.72. The lowest BCUT2D eigenvalue weighted by Gasteiger charge is -2.12. The largest absolute Gasteiger partial charge is 0.409 e. The van der Waals surface area contributed by atoms with Crippen molar-refractivity contribution in [3.05, 3.63) is 0 Å². The van der Waals surface area contributed by atoms with Gasteiger partial charge in [-0.15, -0.1) is 0 Å². The predicted molar refractivity (Wildman–Crippen MR) is 63.7 cm³/mol. The molecule has 1 aliphatic carbocycles. The minimum atomic E-state index is 0.235. The summed E-state index contributed by atoms with van der Waals surface area (Å²) in [5.41, 5.74) is 5.40. The molecule has 0 aromatic carbocycles. The maximum atomic E-state index is 8.40. The zero-order chi connectivity index (χ0) is 11.8. The summed E-state index contributed by atoms with van der Waals surface area (Å²) in [5.74, 6) is 1.11. The molecule has 0 saturated heterocycles. The number of nitrogens with one attached hydrogen (secondary N) is 1. The molecule has 16 heavy (non-hydrogen) atoms. The highest BCUT2D eigenvalue weighted by molar-refractivity contribution is 5.80. The van der Waals surface area contributed by atoms with Crippen molar-refractivity contribution in [1.82, 2.24) is 5.32 Å². The Morgan fingerprint density at radius 2 is 2.38 bits per heavy atom. The van der Waals surface area contributed by atoms with Gasteiger partial charge in [-0.05, 0) is 38.6 Å². The topological polar surface area (TPSA) is 79.9 Å².